The number of aromatic nitrogens is 2. The SMILES string of the molecule is COc1ccc(CNc2ncnc3c(C(=O)Nc4cc(N=C=O)ccc4C)cccc23)c(OC)c1. The fourth-order valence-electron chi connectivity index (χ4n) is 3.65. The van der Waals surface area contributed by atoms with Crippen LogP contribution in [0.2, 0.25) is 0 Å². The molecule has 0 saturated heterocycles. The average molecular weight is 470 g/mol. The van der Waals surface area contributed by atoms with Crippen molar-refractivity contribution in [3.05, 3.63) is 77.6 Å². The van der Waals surface area contributed by atoms with Crippen LogP contribution in [0.1, 0.15) is 21.5 Å². The molecular weight excluding hydrogens is 446 g/mol. The molecule has 0 saturated carbocycles. The van der Waals surface area contributed by atoms with Crippen LogP contribution in [-0.2, 0) is 11.3 Å². The molecule has 0 unspecified atom stereocenters. The number of isocyanates is 1. The molecule has 35 heavy (non-hydrogen) atoms. The van der Waals surface area contributed by atoms with Gasteiger partial charge in [0.25, 0.3) is 5.91 Å². The maximum atomic E-state index is 13.2. The van der Waals surface area contributed by atoms with Crippen molar-refractivity contribution in [2.45, 2.75) is 13.5 Å². The van der Waals surface area contributed by atoms with Crippen LogP contribution in [0.5, 0.6) is 11.5 Å². The predicted octanol–water partition coefficient (Wildman–Crippen LogP) is 4.79. The Labute approximate surface area is 201 Å². The summed E-state index contributed by atoms with van der Waals surface area (Å²) in [7, 11) is 3.20. The molecule has 0 aliphatic rings. The first-order chi connectivity index (χ1) is 17.0. The molecule has 1 heterocycles. The number of rotatable bonds is 8. The van der Waals surface area contributed by atoms with Crippen LogP contribution in [0, 0.1) is 6.92 Å². The third-order valence-electron chi connectivity index (χ3n) is 5.49. The van der Waals surface area contributed by atoms with E-state index in [9.17, 15) is 9.59 Å². The zero-order chi connectivity index (χ0) is 24.8. The van der Waals surface area contributed by atoms with Gasteiger partial charge in [-0.15, -0.1) is 0 Å². The number of anilines is 2. The lowest BCUT2D eigenvalue weighted by atomic mass is 10.1. The van der Waals surface area contributed by atoms with Crippen LogP contribution >= 0.6 is 0 Å². The summed E-state index contributed by atoms with van der Waals surface area (Å²) in [5, 5.41) is 6.89. The Morgan fingerprint density at radius 2 is 1.91 bits per heavy atom. The maximum absolute atomic E-state index is 13.2. The fraction of sp³-hybridized carbons (Fsp3) is 0.154. The van der Waals surface area contributed by atoms with Crippen LogP contribution in [-0.4, -0.2) is 36.2 Å². The van der Waals surface area contributed by atoms with E-state index in [4.69, 9.17) is 9.47 Å². The number of carbonyl (C=O) groups excluding carboxylic acids is 2. The Balaban J connectivity index is 1.61. The maximum Gasteiger partial charge on any atom is 0.257 e. The van der Waals surface area contributed by atoms with E-state index >= 15 is 0 Å². The minimum absolute atomic E-state index is 0.340. The Kier molecular flexibility index (Phi) is 6.99. The second kappa shape index (κ2) is 10.5. The first kappa shape index (κ1) is 23.4. The average Bonchev–Trinajstić information content (AvgIpc) is 2.89. The van der Waals surface area contributed by atoms with Gasteiger partial charge < -0.3 is 20.1 Å². The minimum atomic E-state index is -0.340. The molecule has 0 fully saturated rings. The molecule has 4 aromatic rings. The van der Waals surface area contributed by atoms with Gasteiger partial charge in [-0.1, -0.05) is 12.1 Å². The molecule has 0 spiro atoms. The number of amides is 1. The summed E-state index contributed by atoms with van der Waals surface area (Å²) < 4.78 is 10.7. The van der Waals surface area contributed by atoms with Gasteiger partial charge in [0, 0.05) is 29.2 Å². The molecular formula is C26H23N5O4. The highest BCUT2D eigenvalue weighted by molar-refractivity contribution is 6.13. The van der Waals surface area contributed by atoms with Crippen molar-refractivity contribution in [2.75, 3.05) is 24.9 Å². The summed E-state index contributed by atoms with van der Waals surface area (Å²) in [6, 6.07) is 16.0. The van der Waals surface area contributed by atoms with Crippen molar-refractivity contribution >= 4 is 40.1 Å². The van der Waals surface area contributed by atoms with Crippen LogP contribution in [0.4, 0.5) is 17.2 Å². The first-order valence-corrected chi connectivity index (χ1v) is 10.7. The molecule has 0 radical (unpaired) electrons. The zero-order valence-corrected chi connectivity index (χ0v) is 19.5. The van der Waals surface area contributed by atoms with E-state index < -0.39 is 0 Å². The second-order valence-electron chi connectivity index (χ2n) is 7.61. The first-order valence-electron chi connectivity index (χ1n) is 10.7. The van der Waals surface area contributed by atoms with Crippen LogP contribution in [0.3, 0.4) is 0 Å². The van der Waals surface area contributed by atoms with Gasteiger partial charge in [0.2, 0.25) is 6.08 Å². The Morgan fingerprint density at radius 1 is 1.06 bits per heavy atom. The molecule has 2 N–H and O–H groups in total. The van der Waals surface area contributed by atoms with Crippen LogP contribution < -0.4 is 20.1 Å². The van der Waals surface area contributed by atoms with E-state index in [1.54, 1.807) is 44.6 Å². The number of aliphatic imine (C=N–C) groups is 1. The van der Waals surface area contributed by atoms with Gasteiger partial charge in [0.15, 0.2) is 0 Å². The number of benzene rings is 3. The molecule has 4 rings (SSSR count). The van der Waals surface area contributed by atoms with Gasteiger partial charge in [-0.3, -0.25) is 4.79 Å². The second-order valence-corrected chi connectivity index (χ2v) is 7.61. The molecule has 3 aromatic carbocycles. The lowest BCUT2D eigenvalue weighted by molar-refractivity contribution is 0.102. The van der Waals surface area contributed by atoms with E-state index in [-0.39, 0.29) is 5.91 Å². The largest absolute Gasteiger partial charge is 0.497 e. The summed E-state index contributed by atoms with van der Waals surface area (Å²) in [5.74, 6) is 1.63. The number of nitrogens with zero attached hydrogens (tertiary/aromatic N) is 3. The number of aryl methyl sites for hydroxylation is 1. The molecule has 0 aliphatic heterocycles. The third-order valence-corrected chi connectivity index (χ3v) is 5.49. The summed E-state index contributed by atoms with van der Waals surface area (Å²) in [6.07, 6.45) is 2.92. The number of hydrogen-bond acceptors (Lipinski definition) is 8. The Bertz CT molecular complexity index is 1450. The number of fused-ring (bicyclic) bond motifs is 1. The van der Waals surface area contributed by atoms with Crippen molar-refractivity contribution < 1.29 is 19.1 Å². The standard InChI is InChI=1S/C26H23N5O4/c1-16-7-9-18(30-15-32)11-22(16)31-26(33)21-6-4-5-20-24(21)28-14-29-25(20)27-13-17-8-10-19(34-2)12-23(17)35-3/h4-12,14H,13H2,1-3H3,(H,31,33)(H,27,28,29). The van der Waals surface area contributed by atoms with Crippen molar-refractivity contribution in [3.63, 3.8) is 0 Å². The molecule has 9 heteroatoms. The molecule has 0 atom stereocenters. The molecule has 0 aliphatic carbocycles. The summed E-state index contributed by atoms with van der Waals surface area (Å²) in [4.78, 5) is 36.1. The number of carbonyl (C=O) groups is 1. The van der Waals surface area contributed by atoms with E-state index in [0.29, 0.717) is 51.7 Å². The lowest BCUT2D eigenvalue weighted by Crippen LogP contribution is -2.14. The summed E-state index contributed by atoms with van der Waals surface area (Å²) in [6.45, 7) is 2.30. The number of hydrogen-bond donors (Lipinski definition) is 2. The number of nitrogens with one attached hydrogen (secondary N) is 2. The van der Waals surface area contributed by atoms with Gasteiger partial charge in [-0.05, 0) is 48.9 Å². The van der Waals surface area contributed by atoms with E-state index in [1.165, 1.54) is 12.4 Å². The highest BCUT2D eigenvalue weighted by Gasteiger charge is 2.15. The number of para-hydroxylation sites is 1. The molecule has 9 nitrogen and oxygen atoms in total. The van der Waals surface area contributed by atoms with Gasteiger partial charge in [0.1, 0.15) is 23.6 Å². The molecule has 1 aromatic heterocycles. The van der Waals surface area contributed by atoms with Gasteiger partial charge in [0.05, 0.1) is 31.0 Å². The smallest absolute Gasteiger partial charge is 0.257 e. The zero-order valence-electron chi connectivity index (χ0n) is 19.5. The van der Waals surface area contributed by atoms with Gasteiger partial charge >= 0.3 is 0 Å². The topological polar surface area (TPSA) is 115 Å². The minimum Gasteiger partial charge on any atom is -0.497 e. The van der Waals surface area contributed by atoms with Crippen LogP contribution in [0.15, 0.2) is 65.9 Å². The fourth-order valence-corrected chi connectivity index (χ4v) is 3.65. The normalized spacial score (nSPS) is 10.4. The number of ether oxygens (including phenoxy) is 2. The molecule has 0 bridgehead atoms. The highest BCUT2D eigenvalue weighted by Crippen LogP contribution is 2.28. The molecule has 176 valence electrons. The predicted molar refractivity (Wildman–Crippen MR) is 133 cm³/mol. The molecule has 1 amide bonds. The van der Waals surface area contributed by atoms with Crippen molar-refractivity contribution in [1.82, 2.24) is 9.97 Å². The lowest BCUT2D eigenvalue weighted by Gasteiger charge is -2.14. The van der Waals surface area contributed by atoms with E-state index in [1.807, 2.05) is 31.2 Å². The highest BCUT2D eigenvalue weighted by atomic mass is 16.5. The van der Waals surface area contributed by atoms with Crippen molar-refractivity contribution in [3.8, 4) is 11.5 Å². The van der Waals surface area contributed by atoms with E-state index in [2.05, 4.69) is 25.6 Å². The van der Waals surface area contributed by atoms with Crippen LogP contribution in [0.25, 0.3) is 10.9 Å². The number of methoxy groups -OCH3 is 2. The van der Waals surface area contributed by atoms with Crippen molar-refractivity contribution in [2.24, 2.45) is 4.99 Å². The van der Waals surface area contributed by atoms with Gasteiger partial charge in [-0.25, -0.2) is 14.8 Å². The van der Waals surface area contributed by atoms with Gasteiger partial charge in [-0.2, -0.15) is 4.99 Å². The third kappa shape index (κ3) is 5.10. The summed E-state index contributed by atoms with van der Waals surface area (Å²) in [5.41, 5.74) is 3.59. The quantitative estimate of drug-likeness (QED) is 0.282. The Hall–Kier alpha value is -4.75. The summed E-state index contributed by atoms with van der Waals surface area (Å²) >= 11 is 0. The monoisotopic (exact) mass is 469 g/mol. The van der Waals surface area contributed by atoms with Crippen molar-refractivity contribution in [1.29, 1.82) is 0 Å². The van der Waals surface area contributed by atoms with E-state index in [0.717, 1.165) is 11.1 Å². The Morgan fingerprint density at radius 3 is 2.69 bits per heavy atom.